The van der Waals surface area contributed by atoms with Crippen molar-refractivity contribution in [3.05, 3.63) is 58.6 Å². The molecule has 0 aromatic heterocycles. The van der Waals surface area contributed by atoms with E-state index in [2.05, 4.69) is 17.0 Å². The lowest BCUT2D eigenvalue weighted by Gasteiger charge is -2.22. The maximum atomic E-state index is 8.98. The Morgan fingerprint density at radius 1 is 1.00 bits per heavy atom. The first-order valence-electron chi connectivity index (χ1n) is 10.1. The van der Waals surface area contributed by atoms with Gasteiger partial charge in [-0.15, -0.1) is 0 Å². The topological polar surface area (TPSA) is 35.9 Å². The molecule has 0 saturated carbocycles. The van der Waals surface area contributed by atoms with Crippen molar-refractivity contribution in [2.24, 2.45) is 0 Å². The Morgan fingerprint density at radius 3 is 2.18 bits per heavy atom. The van der Waals surface area contributed by atoms with Crippen molar-refractivity contribution in [3.8, 4) is 5.75 Å². The highest BCUT2D eigenvalue weighted by Gasteiger charge is 2.28. The molecule has 2 aromatic carbocycles. The van der Waals surface area contributed by atoms with E-state index in [1.54, 1.807) is 38.4 Å². The van der Waals surface area contributed by atoms with Crippen LogP contribution in [0.25, 0.3) is 0 Å². The fourth-order valence-corrected chi connectivity index (χ4v) is 3.92. The number of hydroxylamine groups is 1. The average Bonchev–Trinajstić information content (AvgIpc) is 3.39. The van der Waals surface area contributed by atoms with Crippen molar-refractivity contribution >= 4 is 17.3 Å². The van der Waals surface area contributed by atoms with E-state index >= 15 is 0 Å². The summed E-state index contributed by atoms with van der Waals surface area (Å²) < 4.78 is 4.95. The molecule has 28 heavy (non-hydrogen) atoms. The van der Waals surface area contributed by atoms with Crippen LogP contribution >= 0.6 is 11.6 Å². The number of likely N-dealkylation sites (tertiary alicyclic amines) is 1. The zero-order chi connectivity index (χ0) is 20.5. The fourth-order valence-electron chi connectivity index (χ4n) is 3.73. The van der Waals surface area contributed by atoms with Gasteiger partial charge in [0.1, 0.15) is 5.75 Å². The molecule has 1 heterocycles. The van der Waals surface area contributed by atoms with E-state index in [1.165, 1.54) is 49.9 Å². The monoisotopic (exact) mass is 404 g/mol. The van der Waals surface area contributed by atoms with Crippen LogP contribution in [0.5, 0.6) is 5.75 Å². The zero-order valence-corrected chi connectivity index (χ0v) is 18.2. The SMILES string of the molecule is CC.COc1ccc(N(C)O)cc1.Clc1ccc2c(c1)CC(N1CCCC1)C2. The highest BCUT2D eigenvalue weighted by atomic mass is 35.5. The summed E-state index contributed by atoms with van der Waals surface area (Å²) in [6, 6.07) is 14.3. The second-order valence-electron chi connectivity index (χ2n) is 6.94. The summed E-state index contributed by atoms with van der Waals surface area (Å²) in [5.41, 5.74) is 3.72. The van der Waals surface area contributed by atoms with Gasteiger partial charge in [-0.1, -0.05) is 31.5 Å². The molecule has 5 heteroatoms. The standard InChI is InChI=1S/C13H16ClN.C8H11NO2.C2H6/c14-12-4-3-10-8-13(9-11(10)7-12)15-5-1-2-6-15;1-9(10)7-3-5-8(11-2)6-4-7;1-2/h3-4,7,13H,1-2,5-6,8-9H2;3-6,10H,1-2H3;1-2H3. The molecule has 2 aliphatic rings. The molecule has 1 aliphatic carbocycles. The van der Waals surface area contributed by atoms with E-state index < -0.39 is 0 Å². The molecule has 0 spiro atoms. The molecule has 1 atom stereocenters. The highest BCUT2D eigenvalue weighted by Crippen LogP contribution is 2.29. The summed E-state index contributed by atoms with van der Waals surface area (Å²) in [5.74, 6) is 0.788. The summed E-state index contributed by atoms with van der Waals surface area (Å²) >= 11 is 6.02. The van der Waals surface area contributed by atoms with Crippen LogP contribution in [0, 0.1) is 0 Å². The number of methoxy groups -OCH3 is 1. The van der Waals surface area contributed by atoms with Crippen molar-refractivity contribution in [1.82, 2.24) is 4.90 Å². The van der Waals surface area contributed by atoms with Crippen molar-refractivity contribution in [2.45, 2.75) is 45.6 Å². The predicted molar refractivity (Wildman–Crippen MR) is 118 cm³/mol. The van der Waals surface area contributed by atoms with Crippen molar-refractivity contribution < 1.29 is 9.94 Å². The van der Waals surface area contributed by atoms with Gasteiger partial charge in [0.15, 0.2) is 0 Å². The lowest BCUT2D eigenvalue weighted by Crippen LogP contribution is -2.33. The minimum absolute atomic E-state index is 0.741. The number of benzene rings is 2. The van der Waals surface area contributed by atoms with Gasteiger partial charge >= 0.3 is 0 Å². The Hall–Kier alpha value is -1.75. The van der Waals surface area contributed by atoms with Crippen LogP contribution in [0.3, 0.4) is 0 Å². The molecule has 154 valence electrons. The normalized spacial score (nSPS) is 17.7. The van der Waals surface area contributed by atoms with Gasteiger partial charge < -0.3 is 4.74 Å². The van der Waals surface area contributed by atoms with E-state index in [4.69, 9.17) is 21.5 Å². The fraction of sp³-hybridized carbons (Fsp3) is 0.478. The molecule has 1 saturated heterocycles. The number of rotatable bonds is 3. The van der Waals surface area contributed by atoms with E-state index in [0.717, 1.165) is 27.6 Å². The minimum atomic E-state index is 0.741. The lowest BCUT2D eigenvalue weighted by molar-refractivity contribution is 0.250. The first-order chi connectivity index (χ1) is 13.6. The van der Waals surface area contributed by atoms with Crippen LogP contribution < -0.4 is 9.80 Å². The number of anilines is 1. The van der Waals surface area contributed by atoms with Crippen LogP contribution in [0.1, 0.15) is 37.8 Å². The van der Waals surface area contributed by atoms with Gasteiger partial charge in [-0.05, 0) is 86.3 Å². The Kier molecular flexibility index (Phi) is 9.10. The van der Waals surface area contributed by atoms with Gasteiger partial charge in [-0.3, -0.25) is 15.2 Å². The zero-order valence-electron chi connectivity index (χ0n) is 17.5. The third kappa shape index (κ3) is 6.13. The van der Waals surface area contributed by atoms with Crippen molar-refractivity contribution in [2.75, 3.05) is 32.3 Å². The van der Waals surface area contributed by atoms with E-state index in [0.29, 0.717) is 0 Å². The minimum Gasteiger partial charge on any atom is -0.497 e. The summed E-state index contributed by atoms with van der Waals surface area (Å²) in [7, 11) is 3.18. The van der Waals surface area contributed by atoms with Gasteiger partial charge in [-0.2, -0.15) is 0 Å². The van der Waals surface area contributed by atoms with Crippen LogP contribution in [-0.4, -0.2) is 43.4 Å². The maximum absolute atomic E-state index is 8.98. The van der Waals surface area contributed by atoms with Gasteiger partial charge in [-0.25, -0.2) is 0 Å². The number of halogens is 1. The Morgan fingerprint density at radius 2 is 1.61 bits per heavy atom. The summed E-state index contributed by atoms with van der Waals surface area (Å²) in [4.78, 5) is 2.65. The van der Waals surface area contributed by atoms with Gasteiger partial charge in [0.05, 0.1) is 12.8 Å². The Labute approximate surface area is 174 Å². The van der Waals surface area contributed by atoms with E-state index in [9.17, 15) is 0 Å². The molecule has 4 rings (SSSR count). The van der Waals surface area contributed by atoms with Crippen LogP contribution in [-0.2, 0) is 12.8 Å². The Bertz CT molecular complexity index is 713. The van der Waals surface area contributed by atoms with Crippen LogP contribution in [0.4, 0.5) is 5.69 Å². The van der Waals surface area contributed by atoms with Crippen molar-refractivity contribution in [1.29, 1.82) is 0 Å². The summed E-state index contributed by atoms with van der Waals surface area (Å²) in [6.45, 7) is 6.60. The van der Waals surface area contributed by atoms with E-state index in [-0.39, 0.29) is 0 Å². The third-order valence-electron chi connectivity index (χ3n) is 5.18. The quantitative estimate of drug-likeness (QED) is 0.690. The summed E-state index contributed by atoms with van der Waals surface area (Å²) in [6.07, 6.45) is 5.20. The number of nitrogens with zero attached hydrogens (tertiary/aromatic N) is 2. The largest absolute Gasteiger partial charge is 0.497 e. The first kappa shape index (κ1) is 22.5. The van der Waals surface area contributed by atoms with Gasteiger partial charge in [0, 0.05) is 18.1 Å². The molecule has 2 aromatic rings. The molecule has 1 unspecified atom stereocenters. The second-order valence-corrected chi connectivity index (χ2v) is 7.38. The van der Waals surface area contributed by atoms with Gasteiger partial charge in [0.2, 0.25) is 0 Å². The lowest BCUT2D eigenvalue weighted by atomic mass is 10.1. The molecule has 0 amide bonds. The number of fused-ring (bicyclic) bond motifs is 1. The number of hydrogen-bond acceptors (Lipinski definition) is 4. The van der Waals surface area contributed by atoms with Crippen LogP contribution in [0.2, 0.25) is 5.02 Å². The molecule has 0 radical (unpaired) electrons. The first-order valence-corrected chi connectivity index (χ1v) is 10.5. The van der Waals surface area contributed by atoms with Gasteiger partial charge in [0.25, 0.3) is 0 Å². The number of ether oxygens (including phenoxy) is 1. The maximum Gasteiger partial charge on any atom is 0.119 e. The molecule has 1 N–H and O–H groups in total. The molecule has 1 fully saturated rings. The molecular formula is C23H33ClN2O2. The van der Waals surface area contributed by atoms with E-state index in [1.807, 2.05) is 19.9 Å². The molecule has 0 bridgehead atoms. The van der Waals surface area contributed by atoms with Crippen LogP contribution in [0.15, 0.2) is 42.5 Å². The second kappa shape index (κ2) is 11.3. The average molecular weight is 405 g/mol. The predicted octanol–water partition coefficient (Wildman–Crippen LogP) is 5.45. The Balaban J connectivity index is 0.000000193. The highest BCUT2D eigenvalue weighted by molar-refractivity contribution is 6.30. The smallest absolute Gasteiger partial charge is 0.119 e. The summed E-state index contributed by atoms with van der Waals surface area (Å²) in [5, 5.41) is 10.9. The molecular weight excluding hydrogens is 372 g/mol. The third-order valence-corrected chi connectivity index (χ3v) is 5.42. The molecule has 1 aliphatic heterocycles. The van der Waals surface area contributed by atoms with Crippen molar-refractivity contribution in [3.63, 3.8) is 0 Å². The molecule has 4 nitrogen and oxygen atoms in total. The number of hydrogen-bond donors (Lipinski definition) is 1.